The van der Waals surface area contributed by atoms with E-state index in [9.17, 15) is 4.79 Å². The fraction of sp³-hybridized carbons (Fsp3) is 0.522. The molecule has 0 heterocycles. The molecule has 0 saturated heterocycles. The summed E-state index contributed by atoms with van der Waals surface area (Å²) < 4.78 is 12.0. The van der Waals surface area contributed by atoms with Crippen LogP contribution >= 0.6 is 0 Å². The molecule has 140 valence electrons. The molecule has 0 spiro atoms. The van der Waals surface area contributed by atoms with Gasteiger partial charge in [0.15, 0.2) is 6.10 Å². The minimum absolute atomic E-state index is 0.267. The summed E-state index contributed by atoms with van der Waals surface area (Å²) in [6, 6.07) is 7.86. The lowest BCUT2D eigenvalue weighted by molar-refractivity contribution is -0.145. The number of rotatable bonds is 7. The fourth-order valence-corrected chi connectivity index (χ4v) is 4.20. The Hall–Kier alpha value is -2.03. The molecule has 1 fully saturated rings. The van der Waals surface area contributed by atoms with E-state index < -0.39 is 5.60 Å². The summed E-state index contributed by atoms with van der Waals surface area (Å²) in [6.45, 7) is 13.9. The number of carbonyl (C=O) groups excluding carboxylic acids is 1. The van der Waals surface area contributed by atoms with E-state index in [0.717, 1.165) is 17.7 Å². The van der Waals surface area contributed by atoms with Crippen LogP contribution in [0.3, 0.4) is 0 Å². The van der Waals surface area contributed by atoms with Crippen LogP contribution in [0.4, 0.5) is 0 Å². The van der Waals surface area contributed by atoms with Crippen LogP contribution in [-0.2, 0) is 9.53 Å². The molecule has 0 amide bonds. The minimum atomic E-state index is -0.498. The monoisotopic (exact) mass is 354 g/mol. The number of esters is 1. The summed E-state index contributed by atoms with van der Waals surface area (Å²) in [7, 11) is 0. The summed E-state index contributed by atoms with van der Waals surface area (Å²) in [5.74, 6) is 1.61. The summed E-state index contributed by atoms with van der Waals surface area (Å²) in [5.41, 5.74) is 2.02. The molecule has 2 aliphatic carbocycles. The van der Waals surface area contributed by atoms with Gasteiger partial charge in [0, 0.05) is 12.5 Å². The van der Waals surface area contributed by atoms with Crippen LogP contribution in [-0.4, -0.2) is 11.6 Å². The van der Waals surface area contributed by atoms with Gasteiger partial charge in [0.1, 0.15) is 11.4 Å². The van der Waals surface area contributed by atoms with E-state index in [-0.39, 0.29) is 12.1 Å². The third-order valence-electron chi connectivity index (χ3n) is 6.04. The summed E-state index contributed by atoms with van der Waals surface area (Å²) >= 11 is 0. The van der Waals surface area contributed by atoms with Crippen molar-refractivity contribution < 1.29 is 14.3 Å². The van der Waals surface area contributed by atoms with Gasteiger partial charge in [-0.2, -0.15) is 0 Å². The zero-order chi connectivity index (χ0) is 19.1. The van der Waals surface area contributed by atoms with E-state index in [0.29, 0.717) is 17.3 Å². The molecule has 1 saturated carbocycles. The maximum absolute atomic E-state index is 11.9. The average Bonchev–Trinajstić information content (AvgIpc) is 3.20. The van der Waals surface area contributed by atoms with E-state index in [2.05, 4.69) is 26.5 Å². The standard InChI is InChI=1S/C23H30O3/c1-7-22(5,6)26-20-11-9-8-10-18(20)21(25-16(4)24)17-12-13-23(15(2)3)14-19(17)23/h7-12,15,19,21H,1,13-14H2,2-6H3/t19-,21?,23-/m1/s1. The van der Waals surface area contributed by atoms with Crippen molar-refractivity contribution in [3.05, 3.63) is 54.1 Å². The first-order valence-corrected chi connectivity index (χ1v) is 9.49. The van der Waals surface area contributed by atoms with Gasteiger partial charge in [-0.05, 0) is 61.7 Å². The molecule has 1 aromatic carbocycles. The largest absolute Gasteiger partial charge is 0.483 e. The second-order valence-electron chi connectivity index (χ2n) is 8.49. The molecular formula is C23H30O3. The summed E-state index contributed by atoms with van der Waals surface area (Å²) in [5, 5.41) is 0. The highest BCUT2D eigenvalue weighted by Crippen LogP contribution is 2.69. The maximum atomic E-state index is 11.9. The van der Waals surface area contributed by atoms with Crippen LogP contribution in [0.5, 0.6) is 5.75 Å². The molecule has 1 unspecified atom stereocenters. The van der Waals surface area contributed by atoms with Crippen molar-refractivity contribution in [1.29, 1.82) is 0 Å². The number of carbonyl (C=O) groups is 1. The van der Waals surface area contributed by atoms with Crippen molar-refractivity contribution >= 4 is 5.97 Å². The van der Waals surface area contributed by atoms with Crippen molar-refractivity contribution in [1.82, 2.24) is 0 Å². The van der Waals surface area contributed by atoms with Crippen molar-refractivity contribution in [3.8, 4) is 5.75 Å². The number of hydrogen-bond donors (Lipinski definition) is 0. The van der Waals surface area contributed by atoms with Gasteiger partial charge in [0.2, 0.25) is 0 Å². The Labute approximate surface area is 157 Å². The lowest BCUT2D eigenvalue weighted by Gasteiger charge is -2.27. The van der Waals surface area contributed by atoms with Gasteiger partial charge in [0.05, 0.1) is 0 Å². The number of hydrogen-bond acceptors (Lipinski definition) is 3. The molecule has 0 aromatic heterocycles. The molecule has 0 N–H and O–H groups in total. The van der Waals surface area contributed by atoms with E-state index in [1.807, 2.05) is 38.1 Å². The van der Waals surface area contributed by atoms with Crippen molar-refractivity contribution in [2.45, 2.75) is 59.2 Å². The van der Waals surface area contributed by atoms with Crippen molar-refractivity contribution in [3.63, 3.8) is 0 Å². The fourth-order valence-electron chi connectivity index (χ4n) is 4.20. The summed E-state index contributed by atoms with van der Waals surface area (Å²) in [4.78, 5) is 11.9. The molecule has 26 heavy (non-hydrogen) atoms. The van der Waals surface area contributed by atoms with Crippen LogP contribution in [0.1, 0.15) is 59.1 Å². The first-order chi connectivity index (χ1) is 12.2. The van der Waals surface area contributed by atoms with Crippen LogP contribution in [0.15, 0.2) is 48.6 Å². The van der Waals surface area contributed by atoms with Gasteiger partial charge in [-0.15, -0.1) is 0 Å². The van der Waals surface area contributed by atoms with E-state index in [1.165, 1.54) is 18.9 Å². The molecule has 2 aliphatic rings. The topological polar surface area (TPSA) is 35.5 Å². The first kappa shape index (κ1) is 18.8. The third-order valence-corrected chi connectivity index (χ3v) is 6.04. The summed E-state index contributed by atoms with van der Waals surface area (Å²) in [6.07, 6.45) is 5.96. The highest BCUT2D eigenvalue weighted by molar-refractivity contribution is 5.67. The molecule has 3 atom stereocenters. The van der Waals surface area contributed by atoms with Gasteiger partial charge < -0.3 is 9.47 Å². The number of allylic oxidation sites excluding steroid dienone is 1. The maximum Gasteiger partial charge on any atom is 0.303 e. The van der Waals surface area contributed by atoms with Crippen LogP contribution in [0.25, 0.3) is 0 Å². The van der Waals surface area contributed by atoms with Crippen LogP contribution in [0.2, 0.25) is 0 Å². The molecule has 3 heteroatoms. The highest BCUT2D eigenvalue weighted by Gasteiger charge is 2.61. The van der Waals surface area contributed by atoms with Crippen LogP contribution < -0.4 is 4.74 Å². The molecule has 0 radical (unpaired) electrons. The number of benzene rings is 1. The third kappa shape index (κ3) is 3.32. The van der Waals surface area contributed by atoms with E-state index in [4.69, 9.17) is 9.47 Å². The number of fused-ring (bicyclic) bond motifs is 1. The first-order valence-electron chi connectivity index (χ1n) is 9.49. The number of para-hydroxylation sites is 1. The Kier molecular flexibility index (Phi) is 4.76. The van der Waals surface area contributed by atoms with E-state index >= 15 is 0 Å². The Morgan fingerprint density at radius 2 is 2.04 bits per heavy atom. The average molecular weight is 354 g/mol. The van der Waals surface area contributed by atoms with Crippen LogP contribution in [0, 0.1) is 17.3 Å². The predicted molar refractivity (Wildman–Crippen MR) is 104 cm³/mol. The quantitative estimate of drug-likeness (QED) is 0.470. The normalized spacial score (nSPS) is 25.3. The van der Waals surface area contributed by atoms with E-state index in [1.54, 1.807) is 6.08 Å². The van der Waals surface area contributed by atoms with Gasteiger partial charge >= 0.3 is 5.97 Å². The second-order valence-corrected chi connectivity index (χ2v) is 8.49. The van der Waals surface area contributed by atoms with Gasteiger partial charge in [-0.1, -0.05) is 44.7 Å². The minimum Gasteiger partial charge on any atom is -0.483 e. The predicted octanol–water partition coefficient (Wildman–Crippen LogP) is 5.63. The zero-order valence-corrected chi connectivity index (χ0v) is 16.5. The van der Waals surface area contributed by atoms with Gasteiger partial charge in [-0.25, -0.2) is 0 Å². The molecule has 3 nitrogen and oxygen atoms in total. The highest BCUT2D eigenvalue weighted by atomic mass is 16.5. The molecule has 0 bridgehead atoms. The van der Waals surface area contributed by atoms with Gasteiger partial charge in [-0.3, -0.25) is 4.79 Å². The number of ether oxygens (including phenoxy) is 2. The molecule has 1 aromatic rings. The molecule has 3 rings (SSSR count). The Morgan fingerprint density at radius 1 is 1.35 bits per heavy atom. The lowest BCUT2D eigenvalue weighted by Crippen LogP contribution is -2.26. The molecular weight excluding hydrogens is 324 g/mol. The van der Waals surface area contributed by atoms with Gasteiger partial charge in [0.25, 0.3) is 0 Å². The Balaban J connectivity index is 1.96. The SMILES string of the molecule is C=CC(C)(C)Oc1ccccc1C(OC(C)=O)C1=CC[C@]2(C(C)C)C[C@H]12. The smallest absolute Gasteiger partial charge is 0.303 e. The van der Waals surface area contributed by atoms with Crippen molar-refractivity contribution in [2.24, 2.45) is 17.3 Å². The second kappa shape index (κ2) is 6.61. The lowest BCUT2D eigenvalue weighted by atomic mass is 9.89. The molecule has 0 aliphatic heterocycles. The Bertz CT molecular complexity index is 744. The zero-order valence-electron chi connectivity index (χ0n) is 16.5. The van der Waals surface area contributed by atoms with Crippen molar-refractivity contribution in [2.75, 3.05) is 0 Å². The Morgan fingerprint density at radius 3 is 2.58 bits per heavy atom.